The van der Waals surface area contributed by atoms with Crippen LogP contribution >= 0.6 is 11.3 Å². The Hall–Kier alpha value is -2.15. The number of hydrogen-bond donors (Lipinski definition) is 3. The van der Waals surface area contributed by atoms with Gasteiger partial charge >= 0.3 is 0 Å². The minimum atomic E-state index is -0.680. The van der Waals surface area contributed by atoms with Crippen LogP contribution in [0.1, 0.15) is 15.4 Å². The maximum absolute atomic E-state index is 13.7. The highest BCUT2D eigenvalue weighted by atomic mass is 32.1. The summed E-state index contributed by atoms with van der Waals surface area (Å²) in [5.41, 5.74) is 11.0. The van der Waals surface area contributed by atoms with Crippen molar-refractivity contribution in [2.24, 2.45) is 5.73 Å². The van der Waals surface area contributed by atoms with E-state index in [0.29, 0.717) is 13.0 Å². The van der Waals surface area contributed by atoms with E-state index in [0.717, 1.165) is 11.1 Å². The van der Waals surface area contributed by atoms with E-state index in [1.807, 2.05) is 5.38 Å². The second kappa shape index (κ2) is 5.66. The summed E-state index contributed by atoms with van der Waals surface area (Å²) in [6, 6.07) is 2.42. The van der Waals surface area contributed by atoms with Crippen molar-refractivity contribution >= 4 is 28.6 Å². The number of aromatic nitrogens is 1. The van der Waals surface area contributed by atoms with E-state index in [4.69, 9.17) is 11.5 Å². The maximum atomic E-state index is 13.7. The van der Waals surface area contributed by atoms with Gasteiger partial charge in [0.1, 0.15) is 5.82 Å². The lowest BCUT2D eigenvalue weighted by atomic mass is 10.1. The van der Waals surface area contributed by atoms with Crippen LogP contribution < -0.4 is 16.8 Å². The van der Waals surface area contributed by atoms with Gasteiger partial charge < -0.3 is 16.8 Å². The topological polar surface area (TPSA) is 94.0 Å². The first-order chi connectivity index (χ1) is 9.08. The summed E-state index contributed by atoms with van der Waals surface area (Å²) in [6.45, 7) is 0.507. The fourth-order valence-corrected chi connectivity index (χ4v) is 2.24. The lowest BCUT2D eigenvalue weighted by Crippen LogP contribution is -2.15. The molecule has 100 valence electrons. The standard InChI is InChI=1S/C12H13FN4OS/c13-8-6-9(14)7(12(15)18)5-10(8)16-2-1-11-17-3-4-19-11/h3-6,16H,1-2,14H2,(H2,15,18). The number of nitrogens with zero attached hydrogens (tertiary/aromatic N) is 1. The first-order valence-corrected chi connectivity index (χ1v) is 6.47. The van der Waals surface area contributed by atoms with Crippen LogP contribution in [0.3, 0.4) is 0 Å². The van der Waals surface area contributed by atoms with Crippen LogP contribution in [0.15, 0.2) is 23.7 Å². The van der Waals surface area contributed by atoms with E-state index in [-0.39, 0.29) is 16.9 Å². The first kappa shape index (κ1) is 13.3. The Kier molecular flexibility index (Phi) is 3.96. The van der Waals surface area contributed by atoms with E-state index in [2.05, 4.69) is 10.3 Å². The molecule has 19 heavy (non-hydrogen) atoms. The van der Waals surface area contributed by atoms with Crippen molar-refractivity contribution in [3.05, 3.63) is 40.1 Å². The second-order valence-electron chi connectivity index (χ2n) is 3.89. The smallest absolute Gasteiger partial charge is 0.250 e. The normalized spacial score (nSPS) is 10.4. The molecule has 0 atom stereocenters. The number of carbonyl (C=O) groups excluding carboxylic acids is 1. The van der Waals surface area contributed by atoms with Gasteiger partial charge in [-0.3, -0.25) is 4.79 Å². The molecule has 0 radical (unpaired) electrons. The van der Waals surface area contributed by atoms with Gasteiger partial charge in [0.05, 0.1) is 16.3 Å². The molecule has 7 heteroatoms. The quantitative estimate of drug-likeness (QED) is 0.725. The molecule has 1 aromatic heterocycles. The lowest BCUT2D eigenvalue weighted by Gasteiger charge is -2.10. The van der Waals surface area contributed by atoms with Gasteiger partial charge in [-0.2, -0.15) is 0 Å². The summed E-state index contributed by atoms with van der Waals surface area (Å²) in [4.78, 5) is 15.2. The van der Waals surface area contributed by atoms with E-state index in [1.165, 1.54) is 17.4 Å². The number of primary amides is 1. The fraction of sp³-hybridized carbons (Fsp3) is 0.167. The average Bonchev–Trinajstić information content (AvgIpc) is 2.84. The number of amides is 1. The summed E-state index contributed by atoms with van der Waals surface area (Å²) in [5.74, 6) is -1.19. The molecule has 1 aromatic carbocycles. The molecule has 1 amide bonds. The number of nitrogen functional groups attached to an aromatic ring is 1. The Morgan fingerprint density at radius 1 is 1.47 bits per heavy atom. The Morgan fingerprint density at radius 3 is 2.89 bits per heavy atom. The van der Waals surface area contributed by atoms with Crippen molar-refractivity contribution in [2.45, 2.75) is 6.42 Å². The zero-order valence-corrected chi connectivity index (χ0v) is 10.8. The zero-order chi connectivity index (χ0) is 13.8. The van der Waals surface area contributed by atoms with Gasteiger partial charge in [0.15, 0.2) is 0 Å². The SMILES string of the molecule is NC(=O)c1cc(NCCc2nccs2)c(F)cc1N. The third-order valence-corrected chi connectivity index (χ3v) is 3.38. The number of halogens is 1. The third-order valence-electron chi connectivity index (χ3n) is 2.54. The molecule has 2 aromatic rings. The van der Waals surface area contributed by atoms with Crippen LogP contribution in [0.4, 0.5) is 15.8 Å². The molecule has 5 N–H and O–H groups in total. The summed E-state index contributed by atoms with van der Waals surface area (Å²) in [6.07, 6.45) is 2.39. The van der Waals surface area contributed by atoms with Gasteiger partial charge in [-0.15, -0.1) is 11.3 Å². The highest BCUT2D eigenvalue weighted by Gasteiger charge is 2.11. The van der Waals surface area contributed by atoms with Gasteiger partial charge in [0, 0.05) is 30.2 Å². The summed E-state index contributed by atoms with van der Waals surface area (Å²) < 4.78 is 13.7. The number of carbonyl (C=O) groups is 1. The van der Waals surface area contributed by atoms with Gasteiger partial charge in [-0.1, -0.05) is 0 Å². The maximum Gasteiger partial charge on any atom is 0.250 e. The number of hydrogen-bond acceptors (Lipinski definition) is 5. The molecule has 0 saturated carbocycles. The monoisotopic (exact) mass is 280 g/mol. The summed E-state index contributed by atoms with van der Waals surface area (Å²) >= 11 is 1.53. The molecule has 0 aliphatic heterocycles. The Balaban J connectivity index is 2.07. The van der Waals surface area contributed by atoms with Crippen LogP contribution in [0.5, 0.6) is 0 Å². The van der Waals surface area contributed by atoms with Crippen LogP contribution in [-0.2, 0) is 6.42 Å². The van der Waals surface area contributed by atoms with Crippen molar-refractivity contribution < 1.29 is 9.18 Å². The molecule has 0 aliphatic carbocycles. The molecular formula is C12H13FN4OS. The van der Waals surface area contributed by atoms with Gasteiger partial charge in [-0.05, 0) is 12.1 Å². The minimum absolute atomic E-state index is 0.0375. The van der Waals surface area contributed by atoms with Gasteiger partial charge in [-0.25, -0.2) is 9.37 Å². The molecule has 5 nitrogen and oxygen atoms in total. The van der Waals surface area contributed by atoms with Crippen molar-refractivity contribution in [3.63, 3.8) is 0 Å². The summed E-state index contributed by atoms with van der Waals surface area (Å²) in [5, 5.41) is 5.74. The van der Waals surface area contributed by atoms with E-state index in [1.54, 1.807) is 6.20 Å². The van der Waals surface area contributed by atoms with Crippen molar-refractivity contribution in [3.8, 4) is 0 Å². The third kappa shape index (κ3) is 3.19. The number of benzene rings is 1. The van der Waals surface area contributed by atoms with Gasteiger partial charge in [0.25, 0.3) is 5.91 Å². The van der Waals surface area contributed by atoms with Crippen molar-refractivity contribution in [2.75, 3.05) is 17.6 Å². The van der Waals surface area contributed by atoms with E-state index in [9.17, 15) is 9.18 Å². The first-order valence-electron chi connectivity index (χ1n) is 5.59. The molecule has 0 bridgehead atoms. The van der Waals surface area contributed by atoms with Crippen LogP contribution in [0, 0.1) is 5.82 Å². The number of thiazole rings is 1. The van der Waals surface area contributed by atoms with Crippen molar-refractivity contribution in [1.29, 1.82) is 0 Å². The number of anilines is 2. The molecule has 1 heterocycles. The number of nitrogens with two attached hydrogens (primary N) is 2. The zero-order valence-electron chi connectivity index (χ0n) is 10.0. The van der Waals surface area contributed by atoms with Crippen LogP contribution in [-0.4, -0.2) is 17.4 Å². The predicted molar refractivity (Wildman–Crippen MR) is 73.6 cm³/mol. The molecule has 2 rings (SSSR count). The largest absolute Gasteiger partial charge is 0.398 e. The minimum Gasteiger partial charge on any atom is -0.398 e. The van der Waals surface area contributed by atoms with E-state index < -0.39 is 11.7 Å². The highest BCUT2D eigenvalue weighted by Crippen LogP contribution is 2.22. The molecule has 0 aliphatic rings. The molecule has 0 unspecified atom stereocenters. The Morgan fingerprint density at radius 2 is 2.26 bits per heavy atom. The van der Waals surface area contributed by atoms with Crippen molar-refractivity contribution in [1.82, 2.24) is 4.98 Å². The number of nitrogens with one attached hydrogen (secondary N) is 1. The van der Waals surface area contributed by atoms with E-state index >= 15 is 0 Å². The second-order valence-corrected chi connectivity index (χ2v) is 4.87. The Bertz CT molecular complexity index is 586. The summed E-state index contributed by atoms with van der Waals surface area (Å²) in [7, 11) is 0. The molecule has 0 saturated heterocycles. The van der Waals surface area contributed by atoms with Crippen LogP contribution in [0.2, 0.25) is 0 Å². The predicted octanol–water partition coefficient (Wildman–Crippen LogP) is 1.62. The lowest BCUT2D eigenvalue weighted by molar-refractivity contribution is 0.100. The number of rotatable bonds is 5. The highest BCUT2D eigenvalue weighted by molar-refractivity contribution is 7.09. The average molecular weight is 280 g/mol. The fourth-order valence-electron chi connectivity index (χ4n) is 1.62. The van der Waals surface area contributed by atoms with Crippen LogP contribution in [0.25, 0.3) is 0 Å². The Labute approximate surface area is 113 Å². The molecular weight excluding hydrogens is 267 g/mol. The molecule has 0 spiro atoms. The van der Waals surface area contributed by atoms with Gasteiger partial charge in [0.2, 0.25) is 0 Å². The molecule has 0 fully saturated rings.